The summed E-state index contributed by atoms with van der Waals surface area (Å²) in [4.78, 5) is 14.7. The third-order valence-corrected chi connectivity index (χ3v) is 5.53. The Bertz CT molecular complexity index is 1090. The Morgan fingerprint density at radius 3 is 2.48 bits per heavy atom. The van der Waals surface area contributed by atoms with Gasteiger partial charge < -0.3 is 10.2 Å². The minimum atomic E-state index is -4.64. The smallest absolute Gasteiger partial charge is 0.355 e. The van der Waals surface area contributed by atoms with E-state index in [0.29, 0.717) is 37.7 Å². The maximum Gasteiger partial charge on any atom is 0.453 e. The van der Waals surface area contributed by atoms with Gasteiger partial charge in [0, 0.05) is 24.7 Å². The third-order valence-electron chi connectivity index (χ3n) is 5.53. The number of rotatable bonds is 4. The number of hydrogen-bond donors (Lipinski definition) is 1. The van der Waals surface area contributed by atoms with Crippen molar-refractivity contribution in [3.63, 3.8) is 0 Å². The summed E-state index contributed by atoms with van der Waals surface area (Å²) < 4.78 is 40.0. The lowest BCUT2D eigenvalue weighted by molar-refractivity contribution is -0.146. The molecule has 0 atom stereocenters. The van der Waals surface area contributed by atoms with Crippen molar-refractivity contribution in [1.29, 1.82) is 0 Å². The van der Waals surface area contributed by atoms with Crippen LogP contribution >= 0.6 is 0 Å². The van der Waals surface area contributed by atoms with Gasteiger partial charge in [-0.25, -0.2) is 0 Å². The molecule has 1 aliphatic rings. The molecular formula is C21H23F3N6O. The minimum Gasteiger partial charge on any atom is -0.355 e. The normalized spacial score (nSPS) is 15.6. The van der Waals surface area contributed by atoms with Gasteiger partial charge in [-0.15, -0.1) is 15.3 Å². The second kappa shape index (κ2) is 8.16. The number of anilines is 2. The fourth-order valence-corrected chi connectivity index (χ4v) is 3.84. The lowest BCUT2D eigenvalue weighted by Crippen LogP contribution is -2.39. The second-order valence-electron chi connectivity index (χ2n) is 7.98. The Balaban J connectivity index is 1.44. The number of benzene rings is 1. The largest absolute Gasteiger partial charge is 0.453 e. The van der Waals surface area contributed by atoms with E-state index in [9.17, 15) is 18.0 Å². The Kier molecular flexibility index (Phi) is 5.55. The van der Waals surface area contributed by atoms with E-state index in [1.807, 2.05) is 29.2 Å². The lowest BCUT2D eigenvalue weighted by Gasteiger charge is -2.32. The number of fused-ring (bicyclic) bond motifs is 1. The van der Waals surface area contributed by atoms with Crippen molar-refractivity contribution in [2.75, 3.05) is 23.3 Å². The molecule has 10 heteroatoms. The van der Waals surface area contributed by atoms with E-state index < -0.39 is 12.0 Å². The number of para-hydroxylation sites is 1. The van der Waals surface area contributed by atoms with E-state index in [-0.39, 0.29) is 17.5 Å². The quantitative estimate of drug-likeness (QED) is 0.671. The molecule has 1 amide bonds. The summed E-state index contributed by atoms with van der Waals surface area (Å²) in [5, 5.41) is 13.9. The van der Waals surface area contributed by atoms with Gasteiger partial charge in [-0.3, -0.25) is 4.79 Å². The van der Waals surface area contributed by atoms with Crippen molar-refractivity contribution in [3.8, 4) is 0 Å². The van der Waals surface area contributed by atoms with Gasteiger partial charge in [-0.05, 0) is 42.5 Å². The molecule has 0 aliphatic carbocycles. The number of hydrogen-bond acceptors (Lipinski definition) is 5. The predicted molar refractivity (Wildman–Crippen MR) is 110 cm³/mol. The highest BCUT2D eigenvalue weighted by Gasteiger charge is 2.38. The fourth-order valence-electron chi connectivity index (χ4n) is 3.84. The van der Waals surface area contributed by atoms with E-state index in [1.54, 1.807) is 6.07 Å². The van der Waals surface area contributed by atoms with Crippen LogP contribution in [-0.2, 0) is 11.0 Å². The van der Waals surface area contributed by atoms with Gasteiger partial charge in [-0.1, -0.05) is 32.0 Å². The van der Waals surface area contributed by atoms with E-state index in [0.717, 1.165) is 15.8 Å². The maximum absolute atomic E-state index is 13.1. The van der Waals surface area contributed by atoms with Gasteiger partial charge >= 0.3 is 6.18 Å². The van der Waals surface area contributed by atoms with Crippen LogP contribution in [0, 0.1) is 5.92 Å². The maximum atomic E-state index is 13.1. The van der Waals surface area contributed by atoms with E-state index >= 15 is 0 Å². The highest BCUT2D eigenvalue weighted by Crippen LogP contribution is 2.29. The molecule has 0 saturated carbocycles. The summed E-state index contributed by atoms with van der Waals surface area (Å²) in [6.45, 7) is 5.19. The molecule has 3 heterocycles. The van der Waals surface area contributed by atoms with E-state index in [1.165, 1.54) is 6.07 Å². The number of aromatic nitrogens is 4. The van der Waals surface area contributed by atoms with Crippen LogP contribution in [0.5, 0.6) is 0 Å². The summed E-state index contributed by atoms with van der Waals surface area (Å²) in [6.07, 6.45) is -3.46. The standard InChI is InChI=1S/C21H23F3N6O/c1-13(2)15-5-3-4-6-16(15)25-19(31)14-9-11-29(12-10-14)18-8-7-17-26-27-20(21(22,23)24)30(17)28-18/h3-8,13-14H,9-12H2,1-2H3,(H,25,31). The van der Waals surface area contributed by atoms with Crippen molar-refractivity contribution < 1.29 is 18.0 Å². The first-order valence-electron chi connectivity index (χ1n) is 10.2. The molecule has 2 aromatic heterocycles. The zero-order chi connectivity index (χ0) is 22.2. The zero-order valence-electron chi connectivity index (χ0n) is 17.2. The number of nitrogens with one attached hydrogen (secondary N) is 1. The highest BCUT2D eigenvalue weighted by molar-refractivity contribution is 5.93. The Labute approximate surface area is 177 Å². The number of carbonyl (C=O) groups excluding carboxylic acids is 1. The minimum absolute atomic E-state index is 0.0330. The number of alkyl halides is 3. The number of amides is 1. The molecule has 164 valence electrons. The number of carbonyl (C=O) groups is 1. The van der Waals surface area contributed by atoms with Crippen molar-refractivity contribution in [2.45, 2.75) is 38.8 Å². The van der Waals surface area contributed by atoms with Crippen LogP contribution in [0.25, 0.3) is 5.65 Å². The van der Waals surface area contributed by atoms with Crippen LogP contribution in [0.4, 0.5) is 24.7 Å². The number of piperidine rings is 1. The molecule has 31 heavy (non-hydrogen) atoms. The fraction of sp³-hybridized carbons (Fsp3) is 0.429. The lowest BCUT2D eigenvalue weighted by atomic mass is 9.95. The SMILES string of the molecule is CC(C)c1ccccc1NC(=O)C1CCN(c2ccc3nnc(C(F)(F)F)n3n2)CC1. The summed E-state index contributed by atoms with van der Waals surface area (Å²) in [5.41, 5.74) is 1.94. The molecule has 0 spiro atoms. The van der Waals surface area contributed by atoms with Crippen LogP contribution in [0.15, 0.2) is 36.4 Å². The van der Waals surface area contributed by atoms with Crippen molar-refractivity contribution in [1.82, 2.24) is 19.8 Å². The topological polar surface area (TPSA) is 75.4 Å². The van der Waals surface area contributed by atoms with Gasteiger partial charge in [-0.2, -0.15) is 17.7 Å². The van der Waals surface area contributed by atoms with E-state index in [4.69, 9.17) is 0 Å². The Morgan fingerprint density at radius 1 is 1.10 bits per heavy atom. The molecule has 1 aliphatic heterocycles. The molecule has 1 aromatic carbocycles. The summed E-state index contributed by atoms with van der Waals surface area (Å²) in [5.74, 6) is -0.655. The molecule has 1 N–H and O–H groups in total. The summed E-state index contributed by atoms with van der Waals surface area (Å²) >= 11 is 0. The Hall–Kier alpha value is -3.17. The van der Waals surface area contributed by atoms with Gasteiger partial charge in [0.2, 0.25) is 5.91 Å². The average Bonchev–Trinajstić information content (AvgIpc) is 3.18. The molecular weight excluding hydrogens is 409 g/mol. The van der Waals surface area contributed by atoms with Crippen molar-refractivity contribution >= 4 is 23.1 Å². The molecule has 7 nitrogen and oxygen atoms in total. The molecule has 0 radical (unpaired) electrons. The highest BCUT2D eigenvalue weighted by atomic mass is 19.4. The van der Waals surface area contributed by atoms with Gasteiger partial charge in [0.15, 0.2) is 5.65 Å². The molecule has 0 bridgehead atoms. The Morgan fingerprint density at radius 2 is 1.81 bits per heavy atom. The van der Waals surface area contributed by atoms with Crippen molar-refractivity contribution in [2.24, 2.45) is 5.92 Å². The van der Waals surface area contributed by atoms with Crippen LogP contribution in [0.3, 0.4) is 0 Å². The van der Waals surface area contributed by atoms with Gasteiger partial charge in [0.1, 0.15) is 5.82 Å². The van der Waals surface area contributed by atoms with Crippen LogP contribution in [0.2, 0.25) is 0 Å². The van der Waals surface area contributed by atoms with Crippen molar-refractivity contribution in [3.05, 3.63) is 47.8 Å². The molecule has 3 aromatic rings. The second-order valence-corrected chi connectivity index (χ2v) is 7.98. The number of nitrogens with zero attached hydrogens (tertiary/aromatic N) is 5. The van der Waals surface area contributed by atoms with Gasteiger partial charge in [0.05, 0.1) is 0 Å². The van der Waals surface area contributed by atoms with E-state index in [2.05, 4.69) is 34.5 Å². The average molecular weight is 432 g/mol. The first kappa shape index (κ1) is 21.1. The summed E-state index contributed by atoms with van der Waals surface area (Å²) in [7, 11) is 0. The van der Waals surface area contributed by atoms with Gasteiger partial charge in [0.25, 0.3) is 5.82 Å². The number of halogens is 3. The molecule has 4 rings (SSSR count). The first-order valence-corrected chi connectivity index (χ1v) is 10.2. The van der Waals surface area contributed by atoms with Crippen LogP contribution in [0.1, 0.15) is 44.0 Å². The predicted octanol–water partition coefficient (Wildman–Crippen LogP) is 4.12. The first-order chi connectivity index (χ1) is 14.7. The van der Waals surface area contributed by atoms with Crippen LogP contribution in [-0.4, -0.2) is 38.8 Å². The van der Waals surface area contributed by atoms with Crippen LogP contribution < -0.4 is 10.2 Å². The summed E-state index contributed by atoms with van der Waals surface area (Å²) in [6, 6.07) is 10.8. The molecule has 0 unspecified atom stereocenters. The third kappa shape index (κ3) is 4.33. The zero-order valence-corrected chi connectivity index (χ0v) is 17.2. The molecule has 1 fully saturated rings. The molecule has 1 saturated heterocycles. The monoisotopic (exact) mass is 432 g/mol.